The molecule has 5 nitrogen and oxygen atoms in total. The molecule has 98 valence electrons. The Hall–Kier alpha value is -1.18. The van der Waals surface area contributed by atoms with Crippen LogP contribution in [0.3, 0.4) is 0 Å². The molecule has 7 heteroatoms. The lowest BCUT2D eigenvalue weighted by atomic mass is 10.1. The average molecular weight is 334 g/mol. The zero-order chi connectivity index (χ0) is 13.9. The number of carbonyl (C=O) groups is 1. The van der Waals surface area contributed by atoms with Gasteiger partial charge < -0.3 is 5.11 Å². The van der Waals surface area contributed by atoms with E-state index in [0.717, 1.165) is 6.07 Å². The summed E-state index contributed by atoms with van der Waals surface area (Å²) in [6.07, 6.45) is 0. The van der Waals surface area contributed by atoms with Crippen LogP contribution in [0.5, 0.6) is 0 Å². The fourth-order valence-electron chi connectivity index (χ4n) is 1.27. The van der Waals surface area contributed by atoms with Crippen LogP contribution in [0.15, 0.2) is 34.2 Å². The molecule has 0 saturated heterocycles. The summed E-state index contributed by atoms with van der Waals surface area (Å²) in [6.45, 7) is 5.16. The Morgan fingerprint density at radius 2 is 2.11 bits per heavy atom. The van der Waals surface area contributed by atoms with E-state index in [0.29, 0.717) is 10.0 Å². The van der Waals surface area contributed by atoms with Crippen LogP contribution in [0, 0.1) is 6.92 Å². The molecule has 0 amide bonds. The highest BCUT2D eigenvalue weighted by Crippen LogP contribution is 2.17. The zero-order valence-electron chi connectivity index (χ0n) is 9.60. The monoisotopic (exact) mass is 333 g/mol. The number of nitrogens with one attached hydrogen (secondary N) is 1. The smallest absolute Gasteiger partial charge is 0.335 e. The largest absolute Gasteiger partial charge is 0.478 e. The summed E-state index contributed by atoms with van der Waals surface area (Å²) in [6, 6.07) is 3.96. The van der Waals surface area contributed by atoms with Crippen molar-refractivity contribution in [3.05, 3.63) is 40.4 Å². The lowest BCUT2D eigenvalue weighted by molar-refractivity contribution is 0.0696. The summed E-state index contributed by atoms with van der Waals surface area (Å²) in [5.41, 5.74) is 0.409. The molecule has 0 saturated carbocycles. The molecule has 1 aromatic rings. The van der Waals surface area contributed by atoms with E-state index in [-0.39, 0.29) is 17.0 Å². The first kappa shape index (κ1) is 14.9. The summed E-state index contributed by atoms with van der Waals surface area (Å²) in [5, 5.41) is 8.85. The van der Waals surface area contributed by atoms with Gasteiger partial charge >= 0.3 is 5.97 Å². The molecule has 2 N–H and O–H groups in total. The van der Waals surface area contributed by atoms with Gasteiger partial charge in [-0.25, -0.2) is 17.9 Å². The molecule has 0 heterocycles. The Labute approximate surface area is 114 Å². The SMILES string of the molecule is C=C(Br)CNS(=O)(=O)c1cc(C(=O)O)ccc1C. The number of aromatic carboxylic acids is 1. The molecule has 0 fully saturated rings. The molecule has 0 atom stereocenters. The molecule has 18 heavy (non-hydrogen) atoms. The molecule has 1 rings (SSSR count). The van der Waals surface area contributed by atoms with Gasteiger partial charge in [0, 0.05) is 11.0 Å². The molecule has 0 aliphatic rings. The molecular formula is C11H12BrNO4S. The van der Waals surface area contributed by atoms with Gasteiger partial charge in [0.2, 0.25) is 10.0 Å². The minimum Gasteiger partial charge on any atom is -0.478 e. The molecule has 0 unspecified atom stereocenters. The topological polar surface area (TPSA) is 83.5 Å². The van der Waals surface area contributed by atoms with Gasteiger partial charge in [0.15, 0.2) is 0 Å². The summed E-state index contributed by atoms with van der Waals surface area (Å²) < 4.78 is 26.7. The Bertz CT molecular complexity index is 595. The zero-order valence-corrected chi connectivity index (χ0v) is 12.0. The first-order valence-corrected chi connectivity index (χ1v) is 7.18. The van der Waals surface area contributed by atoms with E-state index in [2.05, 4.69) is 27.2 Å². The maximum absolute atomic E-state index is 12.0. The van der Waals surface area contributed by atoms with Crippen molar-refractivity contribution < 1.29 is 18.3 Å². The molecule has 0 bridgehead atoms. The third-order valence-corrected chi connectivity index (χ3v) is 4.00. The fourth-order valence-corrected chi connectivity index (χ4v) is 2.89. The van der Waals surface area contributed by atoms with Crippen LogP contribution < -0.4 is 4.72 Å². The van der Waals surface area contributed by atoms with Crippen molar-refractivity contribution in [3.8, 4) is 0 Å². The highest BCUT2D eigenvalue weighted by atomic mass is 79.9. The number of carboxylic acid groups (broad SMARTS) is 1. The van der Waals surface area contributed by atoms with Crippen molar-refractivity contribution in [1.82, 2.24) is 4.72 Å². The number of rotatable bonds is 5. The standard InChI is InChI=1S/C11H12BrNO4S/c1-7-3-4-9(11(14)15)5-10(7)18(16,17)13-6-8(2)12/h3-5,13H,2,6H2,1H3,(H,14,15). The fraction of sp³-hybridized carbons (Fsp3) is 0.182. The predicted octanol–water partition coefficient (Wildman–Crippen LogP) is 1.88. The van der Waals surface area contributed by atoms with Crippen LogP contribution in [0.1, 0.15) is 15.9 Å². The minimum absolute atomic E-state index is 0.0407. The van der Waals surface area contributed by atoms with Gasteiger partial charge in [-0.2, -0.15) is 0 Å². The summed E-state index contributed by atoms with van der Waals surface area (Å²) in [5.74, 6) is -1.17. The molecule has 0 spiro atoms. The Balaban J connectivity index is 3.18. The van der Waals surface area contributed by atoms with Crippen molar-refractivity contribution in [2.45, 2.75) is 11.8 Å². The second kappa shape index (κ2) is 5.64. The predicted molar refractivity (Wildman–Crippen MR) is 71.4 cm³/mol. The molecule has 0 aromatic heterocycles. The number of aryl methyl sites for hydroxylation is 1. The molecule has 0 radical (unpaired) electrons. The van der Waals surface area contributed by atoms with Crippen LogP contribution in [-0.4, -0.2) is 26.0 Å². The van der Waals surface area contributed by atoms with E-state index in [1.54, 1.807) is 6.92 Å². The highest BCUT2D eigenvalue weighted by molar-refractivity contribution is 9.11. The van der Waals surface area contributed by atoms with Crippen LogP contribution in [0.25, 0.3) is 0 Å². The molecular weight excluding hydrogens is 322 g/mol. The van der Waals surface area contributed by atoms with Gasteiger partial charge in [0.25, 0.3) is 0 Å². The van der Waals surface area contributed by atoms with Crippen LogP contribution in [-0.2, 0) is 10.0 Å². The second-order valence-corrected chi connectivity index (χ2v) is 6.48. The summed E-state index contributed by atoms with van der Waals surface area (Å²) in [4.78, 5) is 10.8. The number of hydrogen-bond donors (Lipinski definition) is 2. The van der Waals surface area contributed by atoms with E-state index >= 15 is 0 Å². The van der Waals surface area contributed by atoms with Crippen molar-refractivity contribution in [2.24, 2.45) is 0 Å². The van der Waals surface area contributed by atoms with E-state index in [4.69, 9.17) is 5.11 Å². The quantitative estimate of drug-likeness (QED) is 0.861. The Morgan fingerprint density at radius 1 is 1.50 bits per heavy atom. The molecule has 0 aliphatic carbocycles. The van der Waals surface area contributed by atoms with Gasteiger partial charge in [-0.1, -0.05) is 28.6 Å². The van der Waals surface area contributed by atoms with Gasteiger partial charge in [-0.05, 0) is 24.6 Å². The molecule has 1 aromatic carbocycles. The number of carboxylic acids is 1. The summed E-state index contributed by atoms with van der Waals surface area (Å²) >= 11 is 3.04. The normalized spacial score (nSPS) is 11.2. The molecule has 0 aliphatic heterocycles. The van der Waals surface area contributed by atoms with Crippen LogP contribution in [0.2, 0.25) is 0 Å². The Morgan fingerprint density at radius 3 is 2.61 bits per heavy atom. The van der Waals surface area contributed by atoms with E-state index < -0.39 is 16.0 Å². The third-order valence-electron chi connectivity index (χ3n) is 2.18. The van der Waals surface area contributed by atoms with Gasteiger partial charge in [0.1, 0.15) is 0 Å². The number of halogens is 1. The first-order chi connectivity index (χ1) is 8.24. The van der Waals surface area contributed by atoms with Crippen LogP contribution >= 0.6 is 15.9 Å². The van der Waals surface area contributed by atoms with Gasteiger partial charge in [0.05, 0.1) is 10.5 Å². The average Bonchev–Trinajstić information content (AvgIpc) is 2.26. The lowest BCUT2D eigenvalue weighted by Crippen LogP contribution is -2.25. The van der Waals surface area contributed by atoms with Gasteiger partial charge in [-0.15, -0.1) is 0 Å². The maximum Gasteiger partial charge on any atom is 0.335 e. The van der Waals surface area contributed by atoms with Crippen molar-refractivity contribution in [1.29, 1.82) is 0 Å². The number of sulfonamides is 1. The number of benzene rings is 1. The van der Waals surface area contributed by atoms with E-state index in [9.17, 15) is 13.2 Å². The first-order valence-electron chi connectivity index (χ1n) is 4.91. The van der Waals surface area contributed by atoms with Crippen LogP contribution in [0.4, 0.5) is 0 Å². The van der Waals surface area contributed by atoms with E-state index in [1.165, 1.54) is 12.1 Å². The minimum atomic E-state index is -3.75. The van der Waals surface area contributed by atoms with E-state index in [1.807, 2.05) is 0 Å². The second-order valence-electron chi connectivity index (χ2n) is 3.63. The third kappa shape index (κ3) is 3.66. The van der Waals surface area contributed by atoms with Gasteiger partial charge in [-0.3, -0.25) is 0 Å². The van der Waals surface area contributed by atoms with Crippen molar-refractivity contribution in [3.63, 3.8) is 0 Å². The van der Waals surface area contributed by atoms with Crippen molar-refractivity contribution >= 4 is 31.9 Å². The summed E-state index contributed by atoms with van der Waals surface area (Å²) in [7, 11) is -3.75. The Kier molecular flexibility index (Phi) is 4.66. The van der Waals surface area contributed by atoms with Crippen molar-refractivity contribution in [2.75, 3.05) is 6.54 Å². The maximum atomic E-state index is 12.0. The number of hydrogen-bond acceptors (Lipinski definition) is 3. The lowest BCUT2D eigenvalue weighted by Gasteiger charge is -2.09. The highest BCUT2D eigenvalue weighted by Gasteiger charge is 2.18.